The number of nitrogens with one attached hydrogen (secondary N) is 1. The summed E-state index contributed by atoms with van der Waals surface area (Å²) in [5.74, 6) is -0.854. The van der Waals surface area contributed by atoms with Crippen molar-refractivity contribution < 1.29 is 38.7 Å². The van der Waals surface area contributed by atoms with Gasteiger partial charge in [0, 0.05) is 13.5 Å². The number of methoxy groups -OCH3 is 1. The van der Waals surface area contributed by atoms with E-state index in [2.05, 4.69) is 5.32 Å². The van der Waals surface area contributed by atoms with Crippen LogP contribution in [0.5, 0.6) is 0 Å². The van der Waals surface area contributed by atoms with Crippen molar-refractivity contribution in [3.8, 4) is 0 Å². The highest BCUT2D eigenvalue weighted by Gasteiger charge is 2.19. The molecule has 9 heteroatoms. The predicted octanol–water partition coefficient (Wildman–Crippen LogP) is 1.10. The monoisotopic (exact) mass is 407 g/mol. The smallest absolute Gasteiger partial charge is 0.322 e. The van der Waals surface area contributed by atoms with Crippen LogP contribution in [0.25, 0.3) is 0 Å². The second-order valence-corrected chi connectivity index (χ2v) is 6.51. The van der Waals surface area contributed by atoms with Crippen molar-refractivity contribution in [2.45, 2.75) is 84.0 Å². The summed E-state index contributed by atoms with van der Waals surface area (Å²) in [6.07, 6.45) is 1.09. The third-order valence-electron chi connectivity index (χ3n) is 4.04. The molecule has 4 unspecified atom stereocenters. The molecule has 0 saturated carbocycles. The maximum atomic E-state index is 11.8. The summed E-state index contributed by atoms with van der Waals surface area (Å²) >= 11 is 0. The molecule has 0 aromatic carbocycles. The minimum atomic E-state index is -0.925. The van der Waals surface area contributed by atoms with Crippen LogP contribution in [-0.4, -0.2) is 73.7 Å². The van der Waals surface area contributed by atoms with E-state index in [4.69, 9.17) is 24.1 Å². The highest BCUT2D eigenvalue weighted by Crippen LogP contribution is 2.06. The van der Waals surface area contributed by atoms with E-state index < -0.39 is 30.5 Å². The number of hydrogen-bond donors (Lipinski definition) is 3. The van der Waals surface area contributed by atoms with Crippen molar-refractivity contribution in [1.82, 2.24) is 5.32 Å². The van der Waals surface area contributed by atoms with Crippen LogP contribution in [0, 0.1) is 0 Å². The Morgan fingerprint density at radius 2 is 1.86 bits per heavy atom. The second kappa shape index (κ2) is 16.7. The third kappa shape index (κ3) is 13.0. The molecule has 0 saturated heterocycles. The molecule has 0 aliphatic heterocycles. The summed E-state index contributed by atoms with van der Waals surface area (Å²) in [5, 5.41) is 21.8. The van der Waals surface area contributed by atoms with Gasteiger partial charge in [-0.15, -0.1) is 0 Å². The number of aliphatic hydroxyl groups excluding tert-OH is 2. The lowest BCUT2D eigenvalue weighted by molar-refractivity contribution is -0.194. The van der Waals surface area contributed by atoms with E-state index in [1.54, 1.807) is 6.92 Å². The summed E-state index contributed by atoms with van der Waals surface area (Å²) in [7, 11) is 1.43. The van der Waals surface area contributed by atoms with Crippen LogP contribution >= 0.6 is 0 Å². The quantitative estimate of drug-likeness (QED) is 0.185. The van der Waals surface area contributed by atoms with E-state index in [-0.39, 0.29) is 32.2 Å². The van der Waals surface area contributed by atoms with Crippen LogP contribution < -0.4 is 5.32 Å². The normalized spacial score (nSPS) is 15.5. The Hall–Kier alpha value is -1.26. The van der Waals surface area contributed by atoms with Gasteiger partial charge < -0.3 is 29.2 Å². The molecule has 3 N–H and O–H groups in total. The lowest BCUT2D eigenvalue weighted by Gasteiger charge is -2.21. The van der Waals surface area contributed by atoms with E-state index in [9.17, 15) is 14.7 Å². The molecule has 166 valence electrons. The number of aliphatic hydroxyl groups is 2. The summed E-state index contributed by atoms with van der Waals surface area (Å²) in [5.41, 5.74) is 0. The lowest BCUT2D eigenvalue weighted by Crippen LogP contribution is -2.42. The zero-order valence-corrected chi connectivity index (χ0v) is 17.5. The van der Waals surface area contributed by atoms with Crippen molar-refractivity contribution in [2.24, 2.45) is 0 Å². The Balaban J connectivity index is 3.98. The molecule has 0 bridgehead atoms. The molecule has 0 heterocycles. The maximum absolute atomic E-state index is 11.8. The molecule has 0 spiro atoms. The van der Waals surface area contributed by atoms with Crippen LogP contribution in [0.15, 0.2) is 0 Å². The number of rotatable bonds is 17. The average Bonchev–Trinajstić information content (AvgIpc) is 2.68. The van der Waals surface area contributed by atoms with Crippen LogP contribution in [-0.2, 0) is 28.5 Å². The molecule has 0 aliphatic carbocycles. The van der Waals surface area contributed by atoms with Crippen molar-refractivity contribution in [3.05, 3.63) is 0 Å². The molecule has 0 amide bonds. The minimum Gasteiger partial charge on any atom is -0.465 e. The largest absolute Gasteiger partial charge is 0.465 e. The van der Waals surface area contributed by atoms with Gasteiger partial charge in [-0.3, -0.25) is 14.9 Å². The number of carbonyl (C=O) groups excluding carboxylic acids is 2. The predicted molar refractivity (Wildman–Crippen MR) is 102 cm³/mol. The van der Waals surface area contributed by atoms with Gasteiger partial charge in [0.2, 0.25) is 0 Å². The van der Waals surface area contributed by atoms with E-state index in [1.165, 1.54) is 7.11 Å². The Morgan fingerprint density at radius 1 is 1.14 bits per heavy atom. The van der Waals surface area contributed by atoms with Gasteiger partial charge in [0.15, 0.2) is 6.29 Å². The Morgan fingerprint density at radius 3 is 2.43 bits per heavy atom. The van der Waals surface area contributed by atoms with Gasteiger partial charge in [0.1, 0.15) is 18.9 Å². The van der Waals surface area contributed by atoms with E-state index >= 15 is 0 Å². The minimum absolute atomic E-state index is 0.0761. The number of unbranched alkanes of at least 4 members (excludes halogenated alkanes) is 1. The van der Waals surface area contributed by atoms with Gasteiger partial charge >= 0.3 is 11.9 Å². The van der Waals surface area contributed by atoms with E-state index in [0.717, 1.165) is 12.8 Å². The number of hydrogen-bond acceptors (Lipinski definition) is 9. The fourth-order valence-electron chi connectivity index (χ4n) is 2.20. The van der Waals surface area contributed by atoms with Gasteiger partial charge in [-0.2, -0.15) is 0 Å². The van der Waals surface area contributed by atoms with Crippen LogP contribution in [0.2, 0.25) is 0 Å². The first-order valence-corrected chi connectivity index (χ1v) is 9.93. The molecule has 0 fully saturated rings. The highest BCUT2D eigenvalue weighted by molar-refractivity contribution is 5.75. The summed E-state index contributed by atoms with van der Waals surface area (Å²) in [6, 6.07) is -0.628. The van der Waals surface area contributed by atoms with E-state index in [0.29, 0.717) is 19.4 Å². The first-order chi connectivity index (χ1) is 13.4. The fourth-order valence-corrected chi connectivity index (χ4v) is 2.20. The van der Waals surface area contributed by atoms with Crippen molar-refractivity contribution >= 4 is 11.9 Å². The SMILES string of the molecule is CCCCOC(=O)C(C)NC(O)CCCC(=O)OCC(OC)OC(CC)CO. The highest BCUT2D eigenvalue weighted by atomic mass is 16.7. The molecule has 0 rings (SSSR count). The van der Waals surface area contributed by atoms with Crippen LogP contribution in [0.1, 0.15) is 59.3 Å². The number of carbonyl (C=O) groups is 2. The Kier molecular flexibility index (Phi) is 15.9. The summed E-state index contributed by atoms with van der Waals surface area (Å²) in [4.78, 5) is 23.5. The Labute approximate surface area is 167 Å². The van der Waals surface area contributed by atoms with Gasteiger partial charge in [-0.25, -0.2) is 0 Å². The molecule has 9 nitrogen and oxygen atoms in total. The van der Waals surface area contributed by atoms with Crippen molar-refractivity contribution in [2.75, 3.05) is 26.9 Å². The first kappa shape index (κ1) is 26.7. The average molecular weight is 408 g/mol. The van der Waals surface area contributed by atoms with Crippen LogP contribution in [0.4, 0.5) is 0 Å². The second-order valence-electron chi connectivity index (χ2n) is 6.51. The molecule has 0 aromatic rings. The molecule has 4 atom stereocenters. The van der Waals surface area contributed by atoms with E-state index in [1.807, 2.05) is 13.8 Å². The fraction of sp³-hybridized carbons (Fsp3) is 0.895. The summed E-state index contributed by atoms with van der Waals surface area (Å²) in [6.45, 7) is 5.64. The molecule has 28 heavy (non-hydrogen) atoms. The Bertz CT molecular complexity index is 417. The van der Waals surface area contributed by atoms with Crippen molar-refractivity contribution in [3.63, 3.8) is 0 Å². The van der Waals surface area contributed by atoms with Crippen LogP contribution in [0.3, 0.4) is 0 Å². The summed E-state index contributed by atoms with van der Waals surface area (Å²) < 4.78 is 20.7. The molecule has 0 aliphatic rings. The van der Waals surface area contributed by atoms with Gasteiger partial charge in [-0.05, 0) is 32.6 Å². The zero-order chi connectivity index (χ0) is 21.4. The molecular formula is C19H37NO8. The van der Waals surface area contributed by atoms with Crippen molar-refractivity contribution in [1.29, 1.82) is 0 Å². The van der Waals surface area contributed by atoms with Gasteiger partial charge in [0.05, 0.1) is 19.3 Å². The maximum Gasteiger partial charge on any atom is 0.322 e. The number of ether oxygens (including phenoxy) is 4. The van der Waals surface area contributed by atoms with Gasteiger partial charge in [-0.1, -0.05) is 20.3 Å². The molecule has 0 aromatic heterocycles. The first-order valence-electron chi connectivity index (χ1n) is 9.93. The topological polar surface area (TPSA) is 124 Å². The number of esters is 2. The standard InChI is InChI=1S/C19H37NO8/c1-5-7-11-26-19(24)14(3)20-16(22)9-8-10-17(23)27-13-18(25-4)28-15(6-2)12-21/h14-16,18,20-22H,5-13H2,1-4H3. The molecular weight excluding hydrogens is 370 g/mol. The zero-order valence-electron chi connectivity index (χ0n) is 17.5. The van der Waals surface area contributed by atoms with Gasteiger partial charge in [0.25, 0.3) is 0 Å². The third-order valence-corrected chi connectivity index (χ3v) is 4.04. The lowest BCUT2D eigenvalue weighted by atomic mass is 10.2. The molecule has 0 radical (unpaired) electrons.